The predicted octanol–water partition coefficient (Wildman–Crippen LogP) is 3.24. The Hall–Kier alpha value is -2.27. The number of hydrogen-bond acceptors (Lipinski definition) is 3. The van der Waals surface area contributed by atoms with Gasteiger partial charge in [0.1, 0.15) is 5.82 Å². The number of nitrogens with two attached hydrogens (primary N) is 1. The molecular formula is C19H23ClFN3O. The molecule has 3 rings (SSSR count). The molecule has 0 aromatic heterocycles. The average Bonchev–Trinajstić information content (AvgIpc) is 2.58. The van der Waals surface area contributed by atoms with E-state index in [1.54, 1.807) is 24.1 Å². The number of nitrogen functional groups attached to an aromatic ring is 1. The molecular weight excluding hydrogens is 341 g/mol. The van der Waals surface area contributed by atoms with E-state index in [0.717, 1.165) is 41.9 Å². The highest BCUT2D eigenvalue weighted by Gasteiger charge is 2.22. The van der Waals surface area contributed by atoms with Crippen molar-refractivity contribution in [1.82, 2.24) is 4.90 Å². The number of benzene rings is 2. The fraction of sp³-hybridized carbons (Fsp3) is 0.316. The van der Waals surface area contributed by atoms with E-state index in [1.165, 1.54) is 12.1 Å². The van der Waals surface area contributed by atoms with Crippen molar-refractivity contribution in [2.24, 2.45) is 0 Å². The Labute approximate surface area is 153 Å². The number of carbonyl (C=O) groups is 1. The van der Waals surface area contributed by atoms with Crippen LogP contribution in [0.2, 0.25) is 0 Å². The quantitative estimate of drug-likeness (QED) is 0.848. The van der Waals surface area contributed by atoms with Gasteiger partial charge in [-0.15, -0.1) is 12.4 Å². The van der Waals surface area contributed by atoms with Gasteiger partial charge in [-0.3, -0.25) is 4.79 Å². The van der Waals surface area contributed by atoms with Crippen LogP contribution in [-0.2, 0) is 17.8 Å². The van der Waals surface area contributed by atoms with Crippen molar-refractivity contribution in [3.63, 3.8) is 0 Å². The molecule has 4 nitrogen and oxygen atoms in total. The molecule has 1 aliphatic heterocycles. The minimum absolute atomic E-state index is 0. The van der Waals surface area contributed by atoms with Gasteiger partial charge in [-0.1, -0.05) is 18.2 Å². The summed E-state index contributed by atoms with van der Waals surface area (Å²) in [5.74, 6) is -0.232. The summed E-state index contributed by atoms with van der Waals surface area (Å²) in [5.41, 5.74) is 9.96. The van der Waals surface area contributed by atoms with Gasteiger partial charge in [0.15, 0.2) is 0 Å². The summed E-state index contributed by atoms with van der Waals surface area (Å²) in [6.07, 6.45) is 1.95. The lowest BCUT2D eigenvalue weighted by Crippen LogP contribution is -2.40. The number of anilines is 2. The molecule has 1 heterocycles. The van der Waals surface area contributed by atoms with Crippen LogP contribution in [0.1, 0.15) is 17.5 Å². The zero-order valence-electron chi connectivity index (χ0n) is 14.2. The van der Waals surface area contributed by atoms with E-state index in [1.807, 2.05) is 18.2 Å². The maximum absolute atomic E-state index is 13.0. The highest BCUT2D eigenvalue weighted by molar-refractivity contribution is 5.85. The van der Waals surface area contributed by atoms with Crippen LogP contribution in [0.5, 0.6) is 0 Å². The van der Waals surface area contributed by atoms with Gasteiger partial charge in [-0.25, -0.2) is 4.39 Å². The first kappa shape index (κ1) is 19.1. The number of carbonyl (C=O) groups excluding carboxylic acids is 1. The molecule has 25 heavy (non-hydrogen) atoms. The van der Waals surface area contributed by atoms with E-state index in [0.29, 0.717) is 13.1 Å². The zero-order chi connectivity index (χ0) is 17.1. The summed E-state index contributed by atoms with van der Waals surface area (Å²) >= 11 is 0. The van der Waals surface area contributed by atoms with E-state index in [9.17, 15) is 9.18 Å². The maximum atomic E-state index is 13.0. The van der Waals surface area contributed by atoms with Gasteiger partial charge < -0.3 is 15.5 Å². The molecule has 6 heteroatoms. The lowest BCUT2D eigenvalue weighted by atomic mass is 10.00. The van der Waals surface area contributed by atoms with Gasteiger partial charge in [-0.05, 0) is 48.2 Å². The van der Waals surface area contributed by atoms with Crippen LogP contribution in [0.25, 0.3) is 0 Å². The van der Waals surface area contributed by atoms with Crippen molar-refractivity contribution < 1.29 is 9.18 Å². The molecule has 1 amide bonds. The molecule has 0 bridgehead atoms. The fourth-order valence-electron chi connectivity index (χ4n) is 3.13. The summed E-state index contributed by atoms with van der Waals surface area (Å²) in [6, 6.07) is 12.1. The van der Waals surface area contributed by atoms with E-state index < -0.39 is 0 Å². The molecule has 0 radical (unpaired) electrons. The summed E-state index contributed by atoms with van der Waals surface area (Å²) < 4.78 is 13.0. The Morgan fingerprint density at radius 3 is 2.68 bits per heavy atom. The van der Waals surface area contributed by atoms with E-state index >= 15 is 0 Å². The van der Waals surface area contributed by atoms with Crippen molar-refractivity contribution in [3.05, 3.63) is 59.4 Å². The maximum Gasteiger partial charge on any atom is 0.242 e. The number of rotatable bonds is 4. The van der Waals surface area contributed by atoms with Crippen LogP contribution in [0, 0.1) is 5.82 Å². The van der Waals surface area contributed by atoms with Crippen molar-refractivity contribution >= 4 is 29.7 Å². The molecule has 2 aromatic rings. The standard InChI is InChI=1S/C19H22FN3O.ClH/c1-22(12-14-7-9-15(20)10-8-14)19(24)13-23-11-3-4-16-17(21)5-2-6-18(16)23;/h2,5-10H,3-4,11-13,21H2,1H3;1H. The summed E-state index contributed by atoms with van der Waals surface area (Å²) in [5, 5.41) is 0. The van der Waals surface area contributed by atoms with Crippen LogP contribution in [0.15, 0.2) is 42.5 Å². The van der Waals surface area contributed by atoms with Crippen LogP contribution >= 0.6 is 12.4 Å². The molecule has 134 valence electrons. The Morgan fingerprint density at radius 2 is 1.96 bits per heavy atom. The molecule has 0 spiro atoms. The molecule has 0 atom stereocenters. The van der Waals surface area contributed by atoms with E-state index in [2.05, 4.69) is 4.90 Å². The first-order valence-corrected chi connectivity index (χ1v) is 8.15. The first-order valence-electron chi connectivity index (χ1n) is 8.15. The van der Waals surface area contributed by atoms with Crippen LogP contribution in [0.4, 0.5) is 15.8 Å². The normalized spacial score (nSPS) is 13.0. The molecule has 0 saturated carbocycles. The van der Waals surface area contributed by atoms with Gasteiger partial charge in [0, 0.05) is 31.5 Å². The fourth-order valence-corrected chi connectivity index (χ4v) is 3.13. The minimum Gasteiger partial charge on any atom is -0.398 e. The van der Waals surface area contributed by atoms with Crippen LogP contribution in [-0.4, -0.2) is 30.9 Å². The molecule has 0 aliphatic carbocycles. The number of nitrogens with zero attached hydrogens (tertiary/aromatic N) is 2. The van der Waals surface area contributed by atoms with E-state index in [4.69, 9.17) is 5.73 Å². The molecule has 2 aromatic carbocycles. The number of fused-ring (bicyclic) bond motifs is 1. The summed E-state index contributed by atoms with van der Waals surface area (Å²) in [7, 11) is 1.77. The number of likely N-dealkylation sites (N-methyl/N-ethyl adjacent to an activating group) is 1. The van der Waals surface area contributed by atoms with Crippen molar-refractivity contribution in [2.75, 3.05) is 30.8 Å². The topological polar surface area (TPSA) is 49.6 Å². The highest BCUT2D eigenvalue weighted by atomic mass is 35.5. The number of halogens is 2. The molecule has 0 fully saturated rings. The lowest BCUT2D eigenvalue weighted by Gasteiger charge is -2.32. The second-order valence-electron chi connectivity index (χ2n) is 6.25. The number of amides is 1. The Bertz CT molecular complexity index is 736. The summed E-state index contributed by atoms with van der Waals surface area (Å²) in [6.45, 7) is 1.65. The van der Waals surface area contributed by atoms with Crippen LogP contribution < -0.4 is 10.6 Å². The van der Waals surface area contributed by atoms with Crippen LogP contribution in [0.3, 0.4) is 0 Å². The lowest BCUT2D eigenvalue weighted by molar-refractivity contribution is -0.129. The van der Waals surface area contributed by atoms with Gasteiger partial charge in [-0.2, -0.15) is 0 Å². The Morgan fingerprint density at radius 1 is 1.24 bits per heavy atom. The van der Waals surface area contributed by atoms with Gasteiger partial charge in [0.05, 0.1) is 6.54 Å². The van der Waals surface area contributed by atoms with Crippen molar-refractivity contribution in [3.8, 4) is 0 Å². The summed E-state index contributed by atoms with van der Waals surface area (Å²) in [4.78, 5) is 16.3. The Kier molecular flexibility index (Phi) is 6.26. The third kappa shape index (κ3) is 4.42. The first-order chi connectivity index (χ1) is 11.5. The third-order valence-electron chi connectivity index (χ3n) is 4.47. The monoisotopic (exact) mass is 363 g/mol. The third-order valence-corrected chi connectivity index (χ3v) is 4.47. The van der Waals surface area contributed by atoms with Crippen molar-refractivity contribution in [1.29, 1.82) is 0 Å². The van der Waals surface area contributed by atoms with E-state index in [-0.39, 0.29) is 24.1 Å². The number of hydrogen-bond donors (Lipinski definition) is 1. The SMILES string of the molecule is CN(Cc1ccc(F)cc1)C(=O)CN1CCCc2c(N)cccc21.Cl. The molecule has 0 saturated heterocycles. The minimum atomic E-state index is -0.268. The molecule has 1 aliphatic rings. The molecule has 2 N–H and O–H groups in total. The van der Waals surface area contributed by atoms with Gasteiger partial charge in [0.2, 0.25) is 5.91 Å². The largest absolute Gasteiger partial charge is 0.398 e. The second kappa shape index (κ2) is 8.21. The van der Waals surface area contributed by atoms with Gasteiger partial charge in [0.25, 0.3) is 0 Å². The highest BCUT2D eigenvalue weighted by Crippen LogP contribution is 2.31. The zero-order valence-corrected chi connectivity index (χ0v) is 15.1. The molecule has 0 unspecified atom stereocenters. The second-order valence-corrected chi connectivity index (χ2v) is 6.25. The van der Waals surface area contributed by atoms with Gasteiger partial charge >= 0.3 is 0 Å². The Balaban J connectivity index is 0.00000225. The smallest absolute Gasteiger partial charge is 0.242 e. The van der Waals surface area contributed by atoms with Crippen molar-refractivity contribution in [2.45, 2.75) is 19.4 Å². The average molecular weight is 364 g/mol. The predicted molar refractivity (Wildman–Crippen MR) is 102 cm³/mol.